The Balaban J connectivity index is 2.32. The Morgan fingerprint density at radius 3 is 2.80 bits per heavy atom. The van der Waals surface area contributed by atoms with Gasteiger partial charge in [0.05, 0.1) is 0 Å². The second kappa shape index (κ2) is 1.50. The standard InChI is InChI=1S/C4H8Si/c1-2-4-5-3-1/h3,5H,1-2,4H2. The molecule has 1 heteroatoms. The van der Waals surface area contributed by atoms with Crippen molar-refractivity contribution in [2.75, 3.05) is 0 Å². The Bertz CT molecular complexity index is 41.6. The van der Waals surface area contributed by atoms with Gasteiger partial charge in [0.1, 0.15) is 0 Å². The average Bonchev–Trinajstić information content (AvgIpc) is 1.76. The summed E-state index contributed by atoms with van der Waals surface area (Å²) in [6, 6.07) is 1.53. The van der Waals surface area contributed by atoms with E-state index in [1.54, 1.807) is 0 Å². The molecule has 1 rings (SSSR count). The molecule has 5 heavy (non-hydrogen) atoms. The molecule has 0 fully saturated rings. The molecule has 0 atom stereocenters. The summed E-state index contributed by atoms with van der Waals surface area (Å²) in [7, 11) is 0.801. The summed E-state index contributed by atoms with van der Waals surface area (Å²) in [5.74, 6) is 0. The first-order valence-electron chi connectivity index (χ1n) is 2.15. The van der Waals surface area contributed by atoms with E-state index in [2.05, 4.69) is 5.67 Å². The third kappa shape index (κ3) is 0.688. The van der Waals surface area contributed by atoms with E-state index in [-0.39, 0.29) is 0 Å². The number of hydrogen-bond acceptors (Lipinski definition) is 0. The van der Waals surface area contributed by atoms with E-state index in [1.807, 2.05) is 0 Å². The van der Waals surface area contributed by atoms with Gasteiger partial charge in [0.15, 0.2) is 0 Å². The maximum absolute atomic E-state index is 2.44. The van der Waals surface area contributed by atoms with Gasteiger partial charge in [0.25, 0.3) is 0 Å². The zero-order valence-electron chi connectivity index (χ0n) is 3.28. The van der Waals surface area contributed by atoms with Crippen molar-refractivity contribution >= 4 is 14.8 Å². The molecule has 1 aliphatic rings. The minimum absolute atomic E-state index is 0.801. The zero-order valence-corrected chi connectivity index (χ0v) is 4.43. The second-order valence-corrected chi connectivity index (χ2v) is 2.92. The minimum atomic E-state index is 0.801. The summed E-state index contributed by atoms with van der Waals surface area (Å²) in [5, 5.41) is 0. The lowest BCUT2D eigenvalue weighted by Gasteiger charge is -1.69. The normalized spacial score (nSPS) is 20.8. The van der Waals surface area contributed by atoms with Crippen LogP contribution in [-0.2, 0) is 0 Å². The Hall–Kier alpha value is 0.0869. The van der Waals surface area contributed by atoms with Crippen LogP contribution in [0.3, 0.4) is 0 Å². The van der Waals surface area contributed by atoms with Crippen molar-refractivity contribution < 1.29 is 0 Å². The smallest absolute Gasteiger partial charge is 0.0119 e. The van der Waals surface area contributed by atoms with Gasteiger partial charge in [-0.05, 0) is 28.0 Å². The predicted octanol–water partition coefficient (Wildman–Crippen LogP) is 0.437. The van der Waals surface area contributed by atoms with Crippen molar-refractivity contribution in [2.45, 2.75) is 18.9 Å². The molecule has 0 radical (unpaired) electrons. The van der Waals surface area contributed by atoms with Gasteiger partial charge in [0.2, 0.25) is 0 Å². The number of rotatable bonds is 0. The van der Waals surface area contributed by atoms with Gasteiger partial charge in [-0.15, -0.1) is 5.67 Å². The van der Waals surface area contributed by atoms with Crippen LogP contribution in [0.5, 0.6) is 0 Å². The molecule has 1 heterocycles. The predicted molar refractivity (Wildman–Crippen MR) is 27.3 cm³/mol. The van der Waals surface area contributed by atoms with Crippen LogP contribution < -0.4 is 0 Å². The highest BCUT2D eigenvalue weighted by Crippen LogP contribution is 1.94. The maximum atomic E-state index is 2.44. The largest absolute Gasteiger partial charge is 0.106 e. The van der Waals surface area contributed by atoms with Gasteiger partial charge >= 0.3 is 0 Å². The van der Waals surface area contributed by atoms with E-state index in [1.165, 1.54) is 18.9 Å². The van der Waals surface area contributed by atoms with E-state index in [0.717, 1.165) is 9.13 Å². The van der Waals surface area contributed by atoms with Crippen molar-refractivity contribution in [3.63, 3.8) is 0 Å². The Morgan fingerprint density at radius 1 is 1.60 bits per heavy atom. The molecule has 0 bridgehead atoms. The first-order chi connectivity index (χ1) is 2.50. The molecule has 0 saturated carbocycles. The molecular weight excluding hydrogens is 76.1 g/mol. The first kappa shape index (κ1) is 3.28. The van der Waals surface area contributed by atoms with Crippen LogP contribution >= 0.6 is 0 Å². The molecule has 0 nitrogen and oxygen atoms in total. The monoisotopic (exact) mass is 84.0 g/mol. The molecule has 0 N–H and O–H groups in total. The van der Waals surface area contributed by atoms with E-state index in [4.69, 9.17) is 0 Å². The van der Waals surface area contributed by atoms with E-state index >= 15 is 0 Å². The first-order valence-corrected chi connectivity index (χ1v) is 3.63. The van der Waals surface area contributed by atoms with Gasteiger partial charge in [-0.1, -0.05) is 0 Å². The summed E-state index contributed by atoms with van der Waals surface area (Å²) in [4.78, 5) is 0. The summed E-state index contributed by atoms with van der Waals surface area (Å²) in [6.07, 6.45) is 2.89. The molecule has 1 aliphatic heterocycles. The Labute approximate surface area is 34.6 Å². The van der Waals surface area contributed by atoms with Gasteiger partial charge < -0.3 is 0 Å². The lowest BCUT2D eigenvalue weighted by atomic mass is 10.4. The van der Waals surface area contributed by atoms with E-state index < -0.39 is 0 Å². The van der Waals surface area contributed by atoms with Gasteiger partial charge in [-0.25, -0.2) is 0 Å². The molecule has 28 valence electrons. The van der Waals surface area contributed by atoms with Gasteiger partial charge in [-0.2, -0.15) is 0 Å². The molecular formula is C4H8Si. The van der Waals surface area contributed by atoms with Gasteiger partial charge in [-0.3, -0.25) is 0 Å². The highest BCUT2D eigenvalue weighted by Gasteiger charge is 1.85. The summed E-state index contributed by atoms with van der Waals surface area (Å²) in [5.41, 5.74) is 2.44. The fraction of sp³-hybridized carbons (Fsp3) is 0.750. The third-order valence-electron chi connectivity index (χ3n) is 0.908. The molecule has 0 saturated heterocycles. The summed E-state index contributed by atoms with van der Waals surface area (Å²) < 4.78 is 0. The molecule has 0 aliphatic carbocycles. The molecule has 0 aromatic rings. The highest BCUT2D eigenvalue weighted by atomic mass is 28.2. The SMILES string of the molecule is C1=[SiH]CCC1. The quantitative estimate of drug-likeness (QED) is 0.373. The molecule has 0 aromatic carbocycles. The fourth-order valence-electron chi connectivity index (χ4n) is 0.589. The van der Waals surface area contributed by atoms with Crippen molar-refractivity contribution in [1.82, 2.24) is 0 Å². The van der Waals surface area contributed by atoms with E-state index in [9.17, 15) is 0 Å². The third-order valence-corrected chi connectivity index (χ3v) is 2.32. The summed E-state index contributed by atoms with van der Waals surface area (Å²) >= 11 is 0. The highest BCUT2D eigenvalue weighted by molar-refractivity contribution is 6.48. The van der Waals surface area contributed by atoms with Crippen molar-refractivity contribution in [1.29, 1.82) is 0 Å². The van der Waals surface area contributed by atoms with Crippen LogP contribution in [0.25, 0.3) is 0 Å². The topological polar surface area (TPSA) is 0 Å². The number of hydrogen-bond donors (Lipinski definition) is 0. The van der Waals surface area contributed by atoms with Crippen LogP contribution in [0.15, 0.2) is 0 Å². The van der Waals surface area contributed by atoms with Crippen molar-refractivity contribution in [3.8, 4) is 0 Å². The Morgan fingerprint density at radius 2 is 2.60 bits per heavy atom. The molecule has 0 aromatic heterocycles. The van der Waals surface area contributed by atoms with Crippen LogP contribution in [0.4, 0.5) is 0 Å². The Kier molecular flexibility index (Phi) is 0.988. The van der Waals surface area contributed by atoms with Crippen LogP contribution in [0, 0.1) is 0 Å². The molecule has 0 unspecified atom stereocenters. The van der Waals surface area contributed by atoms with E-state index in [0.29, 0.717) is 0 Å². The van der Waals surface area contributed by atoms with Crippen LogP contribution in [0.1, 0.15) is 12.8 Å². The minimum Gasteiger partial charge on any atom is -0.106 e. The van der Waals surface area contributed by atoms with Crippen LogP contribution in [0.2, 0.25) is 6.04 Å². The lowest BCUT2D eigenvalue weighted by Crippen LogP contribution is -1.60. The summed E-state index contributed by atoms with van der Waals surface area (Å²) in [6.45, 7) is 0. The van der Waals surface area contributed by atoms with Crippen molar-refractivity contribution in [2.24, 2.45) is 0 Å². The van der Waals surface area contributed by atoms with Crippen molar-refractivity contribution in [3.05, 3.63) is 0 Å². The maximum Gasteiger partial charge on any atom is -0.0119 e. The fourth-order valence-corrected chi connectivity index (χ4v) is 1.77. The lowest BCUT2D eigenvalue weighted by molar-refractivity contribution is 1.03. The zero-order chi connectivity index (χ0) is 3.54. The molecule has 0 spiro atoms. The molecule has 0 amide bonds. The van der Waals surface area contributed by atoms with Gasteiger partial charge in [0, 0.05) is 0 Å². The average molecular weight is 84.2 g/mol. The van der Waals surface area contributed by atoms with Crippen LogP contribution in [-0.4, -0.2) is 14.8 Å². The second-order valence-electron chi connectivity index (χ2n) is 1.40.